The maximum Gasteiger partial charge on any atom is 0.143 e. The van der Waals surface area contributed by atoms with Crippen LogP contribution in [0.2, 0.25) is 0 Å². The molecule has 0 spiro atoms. The molecule has 2 heterocycles. The minimum atomic E-state index is 0.486. The van der Waals surface area contributed by atoms with Crippen LogP contribution in [0, 0.1) is 0 Å². The van der Waals surface area contributed by atoms with Gasteiger partial charge in [0.2, 0.25) is 0 Å². The fraction of sp³-hybridized carbons (Fsp3) is 0.250. The lowest BCUT2D eigenvalue weighted by Gasteiger charge is -2.13. The molecule has 0 aliphatic heterocycles. The minimum Gasteiger partial charge on any atom is -0.488 e. The minimum absolute atomic E-state index is 0.486. The molecule has 1 aromatic carbocycles. The lowest BCUT2D eigenvalue weighted by molar-refractivity contribution is 0.356. The van der Waals surface area contributed by atoms with Crippen LogP contribution >= 0.6 is 0 Å². The van der Waals surface area contributed by atoms with E-state index in [1.54, 1.807) is 6.08 Å². The molecule has 122 valence electrons. The maximum atomic E-state index is 6.01. The van der Waals surface area contributed by atoms with Crippen LogP contribution in [0.5, 0.6) is 5.75 Å². The third-order valence-corrected chi connectivity index (χ3v) is 4.66. The summed E-state index contributed by atoms with van der Waals surface area (Å²) >= 11 is 0. The average Bonchev–Trinajstić information content (AvgIpc) is 3.17. The molecule has 0 fully saturated rings. The Kier molecular flexibility index (Phi) is 3.73. The molecule has 0 atom stereocenters. The number of aromatic nitrogens is 2. The number of pyridine rings is 1. The summed E-state index contributed by atoms with van der Waals surface area (Å²) in [7, 11) is 0. The number of nitrogens with two attached hydrogens (primary N) is 1. The lowest BCUT2D eigenvalue weighted by atomic mass is 10.1. The van der Waals surface area contributed by atoms with Crippen molar-refractivity contribution in [3.8, 4) is 5.75 Å². The molecule has 4 nitrogen and oxygen atoms in total. The zero-order valence-corrected chi connectivity index (χ0v) is 13.7. The van der Waals surface area contributed by atoms with Crippen LogP contribution in [0.1, 0.15) is 23.4 Å². The first-order valence-corrected chi connectivity index (χ1v) is 8.35. The number of hydrogen-bond donors (Lipinski definition) is 1. The van der Waals surface area contributed by atoms with Gasteiger partial charge < -0.3 is 15.0 Å². The monoisotopic (exact) mass is 319 g/mol. The Labute approximate surface area is 141 Å². The van der Waals surface area contributed by atoms with Crippen molar-refractivity contribution >= 4 is 16.6 Å². The Morgan fingerprint density at radius 3 is 3.08 bits per heavy atom. The van der Waals surface area contributed by atoms with E-state index in [1.165, 1.54) is 28.6 Å². The van der Waals surface area contributed by atoms with Crippen molar-refractivity contribution in [3.63, 3.8) is 0 Å². The molecular formula is C20H21N3O. The molecule has 1 aliphatic carbocycles. The molecular weight excluding hydrogens is 298 g/mol. The number of rotatable bonds is 5. The Hall–Kier alpha value is -2.75. The molecule has 0 radical (unpaired) electrons. The van der Waals surface area contributed by atoms with E-state index in [4.69, 9.17) is 10.5 Å². The van der Waals surface area contributed by atoms with Gasteiger partial charge in [0.1, 0.15) is 18.1 Å². The van der Waals surface area contributed by atoms with Gasteiger partial charge in [-0.15, -0.1) is 0 Å². The van der Waals surface area contributed by atoms with Gasteiger partial charge in [-0.2, -0.15) is 0 Å². The first kappa shape index (κ1) is 14.8. The number of benzene rings is 1. The van der Waals surface area contributed by atoms with Gasteiger partial charge in [-0.25, -0.2) is 0 Å². The number of aryl methyl sites for hydroxylation is 1. The summed E-state index contributed by atoms with van der Waals surface area (Å²) in [6, 6.07) is 10.1. The SMILES string of the molecule is C=CCOc1cccnc1Cn1c2c(c3cc(N)ccc31)CCC2. The van der Waals surface area contributed by atoms with E-state index < -0.39 is 0 Å². The van der Waals surface area contributed by atoms with Crippen molar-refractivity contribution < 1.29 is 4.74 Å². The highest BCUT2D eigenvalue weighted by atomic mass is 16.5. The topological polar surface area (TPSA) is 53.1 Å². The predicted octanol–water partition coefficient (Wildman–Crippen LogP) is 3.72. The van der Waals surface area contributed by atoms with Crippen molar-refractivity contribution in [1.29, 1.82) is 0 Å². The van der Waals surface area contributed by atoms with Gasteiger partial charge in [0.25, 0.3) is 0 Å². The van der Waals surface area contributed by atoms with Crippen LogP contribution in [0.4, 0.5) is 5.69 Å². The first-order valence-electron chi connectivity index (χ1n) is 8.35. The summed E-state index contributed by atoms with van der Waals surface area (Å²) in [4.78, 5) is 4.55. The average molecular weight is 319 g/mol. The van der Waals surface area contributed by atoms with E-state index in [0.717, 1.165) is 30.0 Å². The van der Waals surface area contributed by atoms with Crippen LogP contribution in [-0.2, 0) is 19.4 Å². The number of hydrogen-bond acceptors (Lipinski definition) is 3. The standard InChI is InChI=1S/C20H21N3O/c1-2-11-24-20-7-4-10-22-17(20)13-23-18-6-3-5-15(18)16-12-14(21)8-9-19(16)23/h2,4,7-10,12H,1,3,5-6,11,13,21H2. The second kappa shape index (κ2) is 6.04. The second-order valence-corrected chi connectivity index (χ2v) is 6.19. The number of fused-ring (bicyclic) bond motifs is 3. The van der Waals surface area contributed by atoms with Crippen molar-refractivity contribution in [3.05, 3.63) is 66.1 Å². The molecule has 0 bridgehead atoms. The normalized spacial score (nSPS) is 13.2. The van der Waals surface area contributed by atoms with Crippen LogP contribution < -0.4 is 10.5 Å². The van der Waals surface area contributed by atoms with Crippen LogP contribution in [-0.4, -0.2) is 16.2 Å². The number of nitrogens with zero attached hydrogens (tertiary/aromatic N) is 2. The summed E-state index contributed by atoms with van der Waals surface area (Å²) in [5.74, 6) is 0.821. The van der Waals surface area contributed by atoms with E-state index in [2.05, 4.69) is 28.3 Å². The molecule has 2 aromatic heterocycles. The number of nitrogen functional groups attached to an aromatic ring is 1. The van der Waals surface area contributed by atoms with Gasteiger partial charge in [-0.05, 0) is 55.2 Å². The molecule has 4 rings (SSSR count). The van der Waals surface area contributed by atoms with Crippen molar-refractivity contribution in [2.45, 2.75) is 25.8 Å². The molecule has 1 aliphatic rings. The van der Waals surface area contributed by atoms with Crippen LogP contribution in [0.25, 0.3) is 10.9 Å². The van der Waals surface area contributed by atoms with Crippen molar-refractivity contribution in [2.24, 2.45) is 0 Å². The van der Waals surface area contributed by atoms with E-state index in [1.807, 2.05) is 24.4 Å². The first-order chi connectivity index (χ1) is 11.8. The highest BCUT2D eigenvalue weighted by molar-refractivity contribution is 5.88. The summed E-state index contributed by atoms with van der Waals surface area (Å²) in [5.41, 5.74) is 11.9. The molecule has 24 heavy (non-hydrogen) atoms. The molecule has 0 amide bonds. The summed E-state index contributed by atoms with van der Waals surface area (Å²) in [6.07, 6.45) is 7.02. The van der Waals surface area contributed by atoms with Gasteiger partial charge in [0.15, 0.2) is 0 Å². The van der Waals surface area contributed by atoms with Crippen LogP contribution in [0.3, 0.4) is 0 Å². The van der Waals surface area contributed by atoms with E-state index in [9.17, 15) is 0 Å². The van der Waals surface area contributed by atoms with Gasteiger partial charge in [-0.1, -0.05) is 12.7 Å². The van der Waals surface area contributed by atoms with E-state index >= 15 is 0 Å². The molecule has 0 unspecified atom stereocenters. The van der Waals surface area contributed by atoms with Gasteiger partial charge in [0, 0.05) is 28.5 Å². The molecule has 2 N–H and O–H groups in total. The van der Waals surface area contributed by atoms with Gasteiger partial charge >= 0.3 is 0 Å². The molecule has 0 saturated heterocycles. The zero-order chi connectivity index (χ0) is 16.5. The molecule has 4 heteroatoms. The summed E-state index contributed by atoms with van der Waals surface area (Å²) in [6.45, 7) is 4.91. The Balaban J connectivity index is 1.80. The smallest absolute Gasteiger partial charge is 0.143 e. The Morgan fingerprint density at radius 1 is 1.29 bits per heavy atom. The third-order valence-electron chi connectivity index (χ3n) is 4.66. The summed E-state index contributed by atoms with van der Waals surface area (Å²) < 4.78 is 8.15. The molecule has 3 aromatic rings. The van der Waals surface area contributed by atoms with Crippen molar-refractivity contribution in [1.82, 2.24) is 9.55 Å². The largest absolute Gasteiger partial charge is 0.488 e. The third kappa shape index (κ3) is 2.44. The maximum absolute atomic E-state index is 6.01. The van der Waals surface area contributed by atoms with E-state index in [-0.39, 0.29) is 0 Å². The quantitative estimate of drug-likeness (QED) is 0.576. The number of ether oxygens (including phenoxy) is 1. The number of anilines is 1. The molecule has 0 saturated carbocycles. The lowest BCUT2D eigenvalue weighted by Crippen LogP contribution is -2.07. The highest BCUT2D eigenvalue weighted by Crippen LogP contribution is 2.35. The Bertz CT molecular complexity index is 911. The summed E-state index contributed by atoms with van der Waals surface area (Å²) in [5, 5.41) is 1.28. The van der Waals surface area contributed by atoms with Crippen molar-refractivity contribution in [2.75, 3.05) is 12.3 Å². The zero-order valence-electron chi connectivity index (χ0n) is 13.7. The predicted molar refractivity (Wildman–Crippen MR) is 97.4 cm³/mol. The van der Waals surface area contributed by atoms with E-state index in [0.29, 0.717) is 13.2 Å². The fourth-order valence-electron chi connectivity index (χ4n) is 3.64. The Morgan fingerprint density at radius 2 is 2.21 bits per heavy atom. The van der Waals surface area contributed by atoms with Crippen LogP contribution in [0.15, 0.2) is 49.2 Å². The fourth-order valence-corrected chi connectivity index (χ4v) is 3.64. The highest BCUT2D eigenvalue weighted by Gasteiger charge is 2.22. The van der Waals surface area contributed by atoms with Gasteiger partial charge in [0.05, 0.1) is 6.54 Å². The van der Waals surface area contributed by atoms with Gasteiger partial charge in [-0.3, -0.25) is 4.98 Å². The second-order valence-electron chi connectivity index (χ2n) is 6.19.